The molecule has 3 rings (SSSR count). The van der Waals surface area contributed by atoms with E-state index in [-0.39, 0.29) is 6.61 Å². The molecule has 158 valence electrons. The first kappa shape index (κ1) is 21.2. The van der Waals surface area contributed by atoms with Gasteiger partial charge in [-0.1, -0.05) is 13.8 Å². The lowest BCUT2D eigenvalue weighted by atomic mass is 9.94. The van der Waals surface area contributed by atoms with Crippen LogP contribution >= 0.6 is 0 Å². The first-order valence-electron chi connectivity index (χ1n) is 9.15. The van der Waals surface area contributed by atoms with Gasteiger partial charge in [0, 0.05) is 24.8 Å². The molecule has 0 amide bonds. The molecule has 2 fully saturated rings. The Morgan fingerprint density at radius 1 is 1.32 bits per heavy atom. The zero-order valence-corrected chi connectivity index (χ0v) is 16.7. The fraction of sp³-hybridized carbons (Fsp3) is 0.778. The number of ether oxygens (including phenoxy) is 5. The van der Waals surface area contributed by atoms with Gasteiger partial charge < -0.3 is 28.8 Å². The molecule has 5 atom stereocenters. The van der Waals surface area contributed by atoms with Crippen LogP contribution < -0.4 is 11.2 Å². The highest BCUT2D eigenvalue weighted by Crippen LogP contribution is 2.42. The van der Waals surface area contributed by atoms with Crippen molar-refractivity contribution in [3.05, 3.63) is 33.1 Å². The summed E-state index contributed by atoms with van der Waals surface area (Å²) in [5, 5.41) is 10.3. The summed E-state index contributed by atoms with van der Waals surface area (Å²) < 4.78 is 29.8. The number of rotatable bonds is 7. The van der Waals surface area contributed by atoms with Crippen LogP contribution in [0.15, 0.2) is 21.9 Å². The Balaban J connectivity index is 1.77. The van der Waals surface area contributed by atoms with Crippen molar-refractivity contribution in [3.8, 4) is 0 Å². The fourth-order valence-corrected chi connectivity index (χ4v) is 3.50. The Hall–Kier alpha value is -1.56. The van der Waals surface area contributed by atoms with Crippen molar-refractivity contribution < 1.29 is 28.8 Å². The highest BCUT2D eigenvalue weighted by molar-refractivity contribution is 4.98. The van der Waals surface area contributed by atoms with E-state index in [1.807, 2.05) is 13.8 Å². The Labute approximate surface area is 162 Å². The molecule has 2 aliphatic heterocycles. The van der Waals surface area contributed by atoms with Gasteiger partial charge in [0.05, 0.1) is 13.2 Å². The molecule has 0 aliphatic carbocycles. The van der Waals surface area contributed by atoms with Crippen molar-refractivity contribution in [3.63, 3.8) is 0 Å². The molecule has 10 nitrogen and oxygen atoms in total. The van der Waals surface area contributed by atoms with Crippen LogP contribution in [0.5, 0.6) is 0 Å². The van der Waals surface area contributed by atoms with Gasteiger partial charge in [0.1, 0.15) is 18.3 Å². The van der Waals surface area contributed by atoms with Crippen molar-refractivity contribution in [2.45, 2.75) is 64.3 Å². The SMILES string of the molecule is COCC(C)(C)C(O)OC[C@H]1O[C@@H](n2ccc(=O)[nH]c2=O)[C@@H]2OC(C)(C)O[C@@H]21. The van der Waals surface area contributed by atoms with Crippen LogP contribution in [0, 0.1) is 5.41 Å². The van der Waals surface area contributed by atoms with Crippen molar-refractivity contribution in [2.24, 2.45) is 5.41 Å². The summed E-state index contributed by atoms with van der Waals surface area (Å²) in [7, 11) is 1.55. The maximum absolute atomic E-state index is 12.2. The molecule has 1 aromatic rings. The van der Waals surface area contributed by atoms with E-state index < -0.39 is 53.3 Å². The van der Waals surface area contributed by atoms with E-state index in [9.17, 15) is 14.7 Å². The second kappa shape index (κ2) is 7.69. The van der Waals surface area contributed by atoms with Crippen LogP contribution in [0.4, 0.5) is 0 Å². The zero-order chi connectivity index (χ0) is 20.7. The average molecular weight is 400 g/mol. The third-order valence-corrected chi connectivity index (χ3v) is 4.85. The van der Waals surface area contributed by atoms with Gasteiger partial charge in [0.2, 0.25) is 0 Å². The highest BCUT2D eigenvalue weighted by Gasteiger charge is 2.56. The number of nitrogens with one attached hydrogen (secondary N) is 1. The average Bonchev–Trinajstić information content (AvgIpc) is 3.06. The molecule has 28 heavy (non-hydrogen) atoms. The van der Waals surface area contributed by atoms with Gasteiger partial charge >= 0.3 is 5.69 Å². The molecule has 0 bridgehead atoms. The maximum atomic E-state index is 12.2. The number of hydrogen-bond acceptors (Lipinski definition) is 8. The monoisotopic (exact) mass is 400 g/mol. The number of aliphatic hydroxyl groups is 1. The number of H-pyrrole nitrogens is 1. The van der Waals surface area contributed by atoms with E-state index in [2.05, 4.69) is 4.98 Å². The summed E-state index contributed by atoms with van der Waals surface area (Å²) in [5.41, 5.74) is -1.72. The molecule has 2 aliphatic rings. The molecule has 10 heteroatoms. The summed E-state index contributed by atoms with van der Waals surface area (Å²) >= 11 is 0. The lowest BCUT2D eigenvalue weighted by Crippen LogP contribution is -2.40. The minimum Gasteiger partial charge on any atom is -0.384 e. The van der Waals surface area contributed by atoms with Crippen molar-refractivity contribution >= 4 is 0 Å². The molecular weight excluding hydrogens is 372 g/mol. The molecule has 2 saturated heterocycles. The highest BCUT2D eigenvalue weighted by atomic mass is 16.8. The quantitative estimate of drug-likeness (QED) is 0.612. The predicted molar refractivity (Wildman–Crippen MR) is 96.7 cm³/mol. The van der Waals surface area contributed by atoms with Gasteiger partial charge in [-0.2, -0.15) is 0 Å². The Morgan fingerprint density at radius 2 is 2.00 bits per heavy atom. The summed E-state index contributed by atoms with van der Waals surface area (Å²) in [6.45, 7) is 7.52. The van der Waals surface area contributed by atoms with E-state index in [1.54, 1.807) is 21.0 Å². The first-order chi connectivity index (χ1) is 13.0. The molecule has 3 heterocycles. The molecule has 0 radical (unpaired) electrons. The van der Waals surface area contributed by atoms with Crippen LogP contribution in [0.25, 0.3) is 0 Å². The Morgan fingerprint density at radius 3 is 2.64 bits per heavy atom. The summed E-state index contributed by atoms with van der Waals surface area (Å²) in [5.74, 6) is -0.866. The molecule has 0 saturated carbocycles. The summed E-state index contributed by atoms with van der Waals surface area (Å²) in [6, 6.07) is 1.24. The van der Waals surface area contributed by atoms with Crippen LogP contribution in [-0.2, 0) is 23.7 Å². The number of aromatic amines is 1. The van der Waals surface area contributed by atoms with E-state index in [1.165, 1.54) is 16.8 Å². The fourth-order valence-electron chi connectivity index (χ4n) is 3.50. The second-order valence-electron chi connectivity index (χ2n) is 8.25. The van der Waals surface area contributed by atoms with Gasteiger partial charge in [-0.25, -0.2) is 4.79 Å². The van der Waals surface area contributed by atoms with E-state index in [0.29, 0.717) is 6.61 Å². The summed E-state index contributed by atoms with van der Waals surface area (Å²) in [6.07, 6.45) is -2.18. The third kappa shape index (κ3) is 4.22. The summed E-state index contributed by atoms with van der Waals surface area (Å²) in [4.78, 5) is 25.8. The topological polar surface area (TPSA) is 121 Å². The molecular formula is C18H28N2O8. The van der Waals surface area contributed by atoms with Crippen LogP contribution in [0.3, 0.4) is 0 Å². The number of fused-ring (bicyclic) bond motifs is 1. The van der Waals surface area contributed by atoms with Gasteiger partial charge in [-0.3, -0.25) is 14.3 Å². The van der Waals surface area contributed by atoms with Crippen molar-refractivity contribution in [1.29, 1.82) is 0 Å². The van der Waals surface area contributed by atoms with E-state index >= 15 is 0 Å². The second-order valence-corrected chi connectivity index (χ2v) is 8.25. The normalized spacial score (nSPS) is 30.4. The number of hydrogen-bond donors (Lipinski definition) is 2. The lowest BCUT2D eigenvalue weighted by Gasteiger charge is -2.31. The largest absolute Gasteiger partial charge is 0.384 e. The van der Waals surface area contributed by atoms with E-state index in [4.69, 9.17) is 23.7 Å². The van der Waals surface area contributed by atoms with Crippen LogP contribution in [0.1, 0.15) is 33.9 Å². The molecule has 1 aromatic heterocycles. The molecule has 0 spiro atoms. The first-order valence-corrected chi connectivity index (χ1v) is 9.15. The third-order valence-electron chi connectivity index (χ3n) is 4.85. The van der Waals surface area contributed by atoms with Gasteiger partial charge in [-0.05, 0) is 13.8 Å². The van der Waals surface area contributed by atoms with Crippen LogP contribution in [-0.4, -0.2) is 65.4 Å². The minimum atomic E-state index is -1.08. The zero-order valence-electron chi connectivity index (χ0n) is 16.7. The molecule has 1 unspecified atom stereocenters. The van der Waals surface area contributed by atoms with Crippen molar-refractivity contribution in [2.75, 3.05) is 20.3 Å². The number of methoxy groups -OCH3 is 1. The van der Waals surface area contributed by atoms with Crippen molar-refractivity contribution in [1.82, 2.24) is 9.55 Å². The maximum Gasteiger partial charge on any atom is 0.330 e. The Bertz CT molecular complexity index is 801. The van der Waals surface area contributed by atoms with Gasteiger partial charge in [0.25, 0.3) is 5.56 Å². The van der Waals surface area contributed by atoms with E-state index in [0.717, 1.165) is 0 Å². The van der Waals surface area contributed by atoms with Gasteiger partial charge in [-0.15, -0.1) is 0 Å². The smallest absolute Gasteiger partial charge is 0.330 e. The lowest BCUT2D eigenvalue weighted by molar-refractivity contribution is -0.225. The Kier molecular flexibility index (Phi) is 5.81. The molecule has 0 aromatic carbocycles. The van der Waals surface area contributed by atoms with Gasteiger partial charge in [0.15, 0.2) is 18.3 Å². The predicted octanol–water partition coefficient (Wildman–Crippen LogP) is -0.0383. The van der Waals surface area contributed by atoms with Crippen LogP contribution in [0.2, 0.25) is 0 Å². The standard InChI is InChI=1S/C18H28N2O8/c1-17(2,9-24-5)15(22)25-8-10-12-13(28-18(3,4)27-12)14(26-10)20-7-6-11(21)19-16(20)23/h6-7,10,12-15,22H,8-9H2,1-5H3,(H,19,21,23)/t10-,12-,13-,14-,15?/m1/s1. The number of aliphatic hydroxyl groups excluding tert-OH is 1. The minimum absolute atomic E-state index is 0.0313. The molecule has 2 N–H and O–H groups in total. The number of nitrogens with zero attached hydrogens (tertiary/aromatic N) is 1. The number of aromatic nitrogens is 2.